The average molecular weight is 252 g/mol. The van der Waals surface area contributed by atoms with Gasteiger partial charge in [-0.05, 0) is 24.3 Å². The maximum Gasteiger partial charge on any atom is 0.0908 e. The largest absolute Gasteiger partial charge is 0.298 e. The van der Waals surface area contributed by atoms with Crippen molar-refractivity contribution in [3.8, 4) is 6.07 Å². The van der Waals surface area contributed by atoms with Crippen LogP contribution >= 0.6 is 0 Å². The first-order valence-corrected chi connectivity index (χ1v) is 7.16. The van der Waals surface area contributed by atoms with E-state index in [9.17, 15) is 0 Å². The Balaban J connectivity index is 1.72. The zero-order chi connectivity index (χ0) is 13.1. The van der Waals surface area contributed by atoms with Gasteiger partial charge in [-0.2, -0.15) is 5.26 Å². The van der Waals surface area contributed by atoms with E-state index in [-0.39, 0.29) is 5.41 Å². The maximum absolute atomic E-state index is 8.79. The zero-order valence-electron chi connectivity index (χ0n) is 11.3. The van der Waals surface area contributed by atoms with Gasteiger partial charge in [0.05, 0.1) is 6.07 Å². The standard InChI is InChI=1S/C17H20N2/c18-11-5-10-17-9-4-8-16(17)13-19(14-17)12-15-6-2-1-3-7-15/h1-3,5-7,10,16H,4,8-9,12-14H2/b10-5-. The Morgan fingerprint density at radius 1 is 1.37 bits per heavy atom. The van der Waals surface area contributed by atoms with E-state index < -0.39 is 0 Å². The van der Waals surface area contributed by atoms with Crippen LogP contribution in [0, 0.1) is 22.7 Å². The molecule has 3 rings (SSSR count). The van der Waals surface area contributed by atoms with Crippen LogP contribution in [0.5, 0.6) is 0 Å². The van der Waals surface area contributed by atoms with Gasteiger partial charge in [0.1, 0.15) is 0 Å². The van der Waals surface area contributed by atoms with E-state index in [1.807, 2.05) is 0 Å². The lowest BCUT2D eigenvalue weighted by atomic mass is 9.80. The second-order valence-electron chi connectivity index (χ2n) is 5.94. The first kappa shape index (κ1) is 12.4. The lowest BCUT2D eigenvalue weighted by molar-refractivity contribution is 0.284. The topological polar surface area (TPSA) is 27.0 Å². The molecule has 1 saturated carbocycles. The average Bonchev–Trinajstić information content (AvgIpc) is 2.94. The summed E-state index contributed by atoms with van der Waals surface area (Å²) in [5.74, 6) is 0.751. The summed E-state index contributed by atoms with van der Waals surface area (Å²) in [6.07, 6.45) is 7.78. The molecule has 2 unspecified atom stereocenters. The Labute approximate surface area is 115 Å². The van der Waals surface area contributed by atoms with E-state index in [1.165, 1.54) is 31.4 Å². The second kappa shape index (κ2) is 5.19. The van der Waals surface area contributed by atoms with Crippen molar-refractivity contribution in [3.05, 3.63) is 48.0 Å². The molecular formula is C17H20N2. The van der Waals surface area contributed by atoms with Crippen molar-refractivity contribution in [2.75, 3.05) is 13.1 Å². The van der Waals surface area contributed by atoms with Crippen LogP contribution < -0.4 is 0 Å². The highest BCUT2D eigenvalue weighted by Crippen LogP contribution is 2.49. The molecule has 1 saturated heterocycles. The number of hydrogen-bond donors (Lipinski definition) is 0. The summed E-state index contributed by atoms with van der Waals surface area (Å²) in [6.45, 7) is 3.34. The van der Waals surface area contributed by atoms with Crippen molar-refractivity contribution in [1.82, 2.24) is 4.90 Å². The number of nitrogens with zero attached hydrogens (tertiary/aromatic N) is 2. The minimum absolute atomic E-state index is 0.282. The van der Waals surface area contributed by atoms with Gasteiger partial charge in [-0.25, -0.2) is 0 Å². The van der Waals surface area contributed by atoms with E-state index in [4.69, 9.17) is 5.26 Å². The molecular weight excluding hydrogens is 232 g/mol. The molecule has 1 aliphatic carbocycles. The van der Waals surface area contributed by atoms with Gasteiger partial charge in [0.15, 0.2) is 0 Å². The van der Waals surface area contributed by atoms with E-state index in [0.717, 1.165) is 19.0 Å². The van der Waals surface area contributed by atoms with Gasteiger partial charge in [-0.3, -0.25) is 4.90 Å². The molecule has 98 valence electrons. The van der Waals surface area contributed by atoms with Gasteiger partial charge < -0.3 is 0 Å². The lowest BCUT2D eigenvalue weighted by Crippen LogP contribution is -2.25. The molecule has 2 atom stereocenters. The second-order valence-corrected chi connectivity index (χ2v) is 5.94. The number of hydrogen-bond acceptors (Lipinski definition) is 2. The van der Waals surface area contributed by atoms with Crippen LogP contribution in [0.1, 0.15) is 24.8 Å². The maximum atomic E-state index is 8.79. The number of fused-ring (bicyclic) bond motifs is 1. The molecule has 1 aliphatic heterocycles. The fourth-order valence-electron chi connectivity index (χ4n) is 3.88. The summed E-state index contributed by atoms with van der Waals surface area (Å²) in [4.78, 5) is 2.56. The predicted molar refractivity (Wildman–Crippen MR) is 76.2 cm³/mol. The Morgan fingerprint density at radius 3 is 3.00 bits per heavy atom. The van der Waals surface area contributed by atoms with E-state index in [1.54, 1.807) is 6.08 Å². The van der Waals surface area contributed by atoms with Crippen LogP contribution in [0.25, 0.3) is 0 Å². The monoisotopic (exact) mass is 252 g/mol. The Morgan fingerprint density at radius 2 is 2.21 bits per heavy atom. The number of nitriles is 1. The zero-order valence-corrected chi connectivity index (χ0v) is 11.3. The van der Waals surface area contributed by atoms with Gasteiger partial charge in [-0.15, -0.1) is 0 Å². The van der Waals surface area contributed by atoms with Crippen LogP contribution in [-0.4, -0.2) is 18.0 Å². The third-order valence-corrected chi connectivity index (χ3v) is 4.74. The minimum Gasteiger partial charge on any atom is -0.298 e. The number of benzene rings is 1. The molecule has 0 aromatic heterocycles. The summed E-state index contributed by atoms with van der Waals surface area (Å²) in [5, 5.41) is 8.79. The van der Waals surface area contributed by atoms with Crippen LogP contribution in [0.2, 0.25) is 0 Å². The smallest absolute Gasteiger partial charge is 0.0908 e. The molecule has 0 spiro atoms. The Kier molecular flexibility index (Phi) is 3.40. The van der Waals surface area contributed by atoms with Crippen LogP contribution in [-0.2, 0) is 6.54 Å². The van der Waals surface area contributed by atoms with Crippen molar-refractivity contribution in [1.29, 1.82) is 5.26 Å². The SMILES string of the molecule is N#C/C=C\C12CCCC1CN(Cc1ccccc1)C2. The quantitative estimate of drug-likeness (QED) is 0.771. The van der Waals surface area contributed by atoms with Gasteiger partial charge >= 0.3 is 0 Å². The highest BCUT2D eigenvalue weighted by Gasteiger charge is 2.47. The molecule has 1 heterocycles. The molecule has 2 nitrogen and oxygen atoms in total. The molecule has 2 heteroatoms. The van der Waals surface area contributed by atoms with Crippen molar-refractivity contribution >= 4 is 0 Å². The summed E-state index contributed by atoms with van der Waals surface area (Å²) in [5.41, 5.74) is 1.67. The van der Waals surface area contributed by atoms with Crippen molar-refractivity contribution < 1.29 is 0 Å². The molecule has 2 aliphatic rings. The van der Waals surface area contributed by atoms with Crippen molar-refractivity contribution in [2.45, 2.75) is 25.8 Å². The fraction of sp³-hybridized carbons (Fsp3) is 0.471. The summed E-state index contributed by atoms with van der Waals surface area (Å²) in [7, 11) is 0. The number of likely N-dealkylation sites (tertiary alicyclic amines) is 1. The Bertz CT molecular complexity index is 500. The highest BCUT2D eigenvalue weighted by atomic mass is 15.2. The van der Waals surface area contributed by atoms with E-state index in [0.29, 0.717) is 0 Å². The summed E-state index contributed by atoms with van der Waals surface area (Å²) < 4.78 is 0. The van der Waals surface area contributed by atoms with Crippen molar-refractivity contribution in [2.24, 2.45) is 11.3 Å². The van der Waals surface area contributed by atoms with Gasteiger partial charge in [0.25, 0.3) is 0 Å². The normalized spacial score (nSPS) is 30.6. The molecule has 0 N–H and O–H groups in total. The third kappa shape index (κ3) is 2.43. The fourth-order valence-corrected chi connectivity index (χ4v) is 3.88. The molecule has 0 radical (unpaired) electrons. The summed E-state index contributed by atoms with van der Waals surface area (Å²) >= 11 is 0. The van der Waals surface area contributed by atoms with Crippen LogP contribution in [0.4, 0.5) is 0 Å². The molecule has 2 fully saturated rings. The highest BCUT2D eigenvalue weighted by molar-refractivity contribution is 5.19. The van der Waals surface area contributed by atoms with E-state index >= 15 is 0 Å². The van der Waals surface area contributed by atoms with Gasteiger partial charge in [0, 0.05) is 31.1 Å². The molecule has 19 heavy (non-hydrogen) atoms. The van der Waals surface area contributed by atoms with Crippen LogP contribution in [0.3, 0.4) is 0 Å². The van der Waals surface area contributed by atoms with E-state index in [2.05, 4.69) is 47.4 Å². The first-order valence-electron chi connectivity index (χ1n) is 7.16. The lowest BCUT2D eigenvalue weighted by Gasteiger charge is -2.24. The predicted octanol–water partition coefficient (Wildman–Crippen LogP) is 3.37. The van der Waals surface area contributed by atoms with Gasteiger partial charge in [-0.1, -0.05) is 42.8 Å². The number of rotatable bonds is 3. The first-order chi connectivity index (χ1) is 9.32. The van der Waals surface area contributed by atoms with Crippen molar-refractivity contribution in [3.63, 3.8) is 0 Å². The molecule has 0 amide bonds. The molecule has 1 aromatic rings. The number of allylic oxidation sites excluding steroid dienone is 1. The minimum atomic E-state index is 0.282. The third-order valence-electron chi connectivity index (χ3n) is 4.74. The van der Waals surface area contributed by atoms with Crippen LogP contribution in [0.15, 0.2) is 42.5 Å². The summed E-state index contributed by atoms with van der Waals surface area (Å²) in [6, 6.07) is 12.9. The van der Waals surface area contributed by atoms with Gasteiger partial charge in [0.2, 0.25) is 0 Å². The Hall–Kier alpha value is -1.59. The molecule has 1 aromatic carbocycles. The molecule has 0 bridgehead atoms.